The van der Waals surface area contributed by atoms with Crippen molar-refractivity contribution in [2.75, 3.05) is 13.6 Å². The highest BCUT2D eigenvalue weighted by molar-refractivity contribution is 5.14. The third-order valence-electron chi connectivity index (χ3n) is 4.28. The van der Waals surface area contributed by atoms with E-state index < -0.39 is 0 Å². The van der Waals surface area contributed by atoms with Crippen LogP contribution in [-0.2, 0) is 0 Å². The van der Waals surface area contributed by atoms with E-state index in [1.54, 1.807) is 0 Å². The molecule has 1 N–H and O–H groups in total. The molecule has 2 atom stereocenters. The third-order valence-corrected chi connectivity index (χ3v) is 4.28. The van der Waals surface area contributed by atoms with Gasteiger partial charge >= 0.3 is 0 Å². The summed E-state index contributed by atoms with van der Waals surface area (Å²) in [6.45, 7) is 9.80. The van der Waals surface area contributed by atoms with Gasteiger partial charge in [0.15, 0.2) is 0 Å². The number of nitrogens with one attached hydrogen (secondary N) is 1. The Kier molecular flexibility index (Phi) is 5.62. The summed E-state index contributed by atoms with van der Waals surface area (Å²) in [7, 11) is 2.17. The number of hydrogen-bond donors (Lipinski definition) is 1. The van der Waals surface area contributed by atoms with Crippen LogP contribution in [0.2, 0.25) is 0 Å². The van der Waals surface area contributed by atoms with Crippen LogP contribution in [0.1, 0.15) is 53.4 Å². The van der Waals surface area contributed by atoms with Gasteiger partial charge in [-0.3, -0.25) is 5.32 Å². The van der Waals surface area contributed by atoms with Crippen molar-refractivity contribution >= 4 is 0 Å². The lowest BCUT2D eigenvalue weighted by atomic mass is 9.85. The molecule has 1 aliphatic carbocycles. The Hall–Kier alpha value is -0.590. The first-order chi connectivity index (χ1) is 8.41. The lowest BCUT2D eigenvalue weighted by Crippen LogP contribution is -2.50. The molecule has 2 unspecified atom stereocenters. The first-order valence-corrected chi connectivity index (χ1v) is 7.30. The molecule has 0 aromatic carbocycles. The maximum absolute atomic E-state index is 9.58. The summed E-state index contributed by atoms with van der Waals surface area (Å²) in [6.07, 6.45) is 4.52. The topological polar surface area (TPSA) is 39.1 Å². The van der Waals surface area contributed by atoms with Gasteiger partial charge in [-0.05, 0) is 66.5 Å². The molecule has 18 heavy (non-hydrogen) atoms. The number of rotatable bonds is 6. The Bertz CT molecular complexity index is 293. The third kappa shape index (κ3) is 3.70. The molecule has 3 nitrogen and oxygen atoms in total. The van der Waals surface area contributed by atoms with Gasteiger partial charge in [-0.1, -0.05) is 6.42 Å². The van der Waals surface area contributed by atoms with Crippen LogP contribution in [0.5, 0.6) is 0 Å². The van der Waals surface area contributed by atoms with E-state index in [4.69, 9.17) is 0 Å². The van der Waals surface area contributed by atoms with Gasteiger partial charge in [0.1, 0.15) is 5.54 Å². The SMILES string of the molecule is CC(C)NC1(C#N)CCCC1CCN(C)C(C)C. The first-order valence-electron chi connectivity index (χ1n) is 7.30. The molecular weight excluding hydrogens is 222 g/mol. The Morgan fingerprint density at radius 2 is 2.06 bits per heavy atom. The van der Waals surface area contributed by atoms with Crippen LogP contribution < -0.4 is 5.32 Å². The predicted molar refractivity (Wildman–Crippen MR) is 76.3 cm³/mol. The molecule has 3 heteroatoms. The van der Waals surface area contributed by atoms with E-state index in [1.165, 1.54) is 12.8 Å². The van der Waals surface area contributed by atoms with Gasteiger partial charge in [0.05, 0.1) is 6.07 Å². The predicted octanol–water partition coefficient (Wildman–Crippen LogP) is 2.78. The van der Waals surface area contributed by atoms with E-state index in [-0.39, 0.29) is 5.54 Å². The molecule has 1 fully saturated rings. The van der Waals surface area contributed by atoms with Crippen LogP contribution in [-0.4, -0.2) is 36.1 Å². The summed E-state index contributed by atoms with van der Waals surface area (Å²) in [5, 5.41) is 13.1. The van der Waals surface area contributed by atoms with Gasteiger partial charge in [0.2, 0.25) is 0 Å². The maximum atomic E-state index is 9.58. The molecule has 0 amide bonds. The van der Waals surface area contributed by atoms with Crippen molar-refractivity contribution in [1.29, 1.82) is 5.26 Å². The smallest absolute Gasteiger partial charge is 0.109 e. The number of nitrogens with zero attached hydrogens (tertiary/aromatic N) is 2. The summed E-state index contributed by atoms with van der Waals surface area (Å²) >= 11 is 0. The van der Waals surface area contributed by atoms with Crippen molar-refractivity contribution in [2.45, 2.75) is 71.0 Å². The highest BCUT2D eigenvalue weighted by atomic mass is 15.1. The molecule has 1 saturated carbocycles. The Morgan fingerprint density at radius 3 is 2.56 bits per heavy atom. The van der Waals surface area contributed by atoms with Crippen LogP contribution in [0.25, 0.3) is 0 Å². The zero-order valence-electron chi connectivity index (χ0n) is 12.7. The summed E-state index contributed by atoms with van der Waals surface area (Å²) in [5.74, 6) is 0.506. The monoisotopic (exact) mass is 251 g/mol. The van der Waals surface area contributed by atoms with Gasteiger partial charge < -0.3 is 4.90 Å². The molecule has 0 aromatic heterocycles. The van der Waals surface area contributed by atoms with E-state index in [0.29, 0.717) is 18.0 Å². The van der Waals surface area contributed by atoms with Gasteiger partial charge in [-0.25, -0.2) is 0 Å². The average Bonchev–Trinajstić information content (AvgIpc) is 2.68. The number of nitriles is 1. The second-order valence-corrected chi connectivity index (χ2v) is 6.33. The van der Waals surface area contributed by atoms with Crippen molar-refractivity contribution in [1.82, 2.24) is 10.2 Å². The zero-order chi connectivity index (χ0) is 13.8. The Labute approximate surface area is 113 Å². The fourth-order valence-electron chi connectivity index (χ4n) is 2.97. The zero-order valence-corrected chi connectivity index (χ0v) is 12.7. The second kappa shape index (κ2) is 6.54. The molecule has 0 saturated heterocycles. The van der Waals surface area contributed by atoms with Crippen LogP contribution in [0.4, 0.5) is 0 Å². The Morgan fingerprint density at radius 1 is 1.39 bits per heavy atom. The molecule has 0 aliphatic heterocycles. The fourth-order valence-corrected chi connectivity index (χ4v) is 2.97. The highest BCUT2D eigenvalue weighted by Gasteiger charge is 2.43. The van der Waals surface area contributed by atoms with Gasteiger partial charge in [0.25, 0.3) is 0 Å². The summed E-state index contributed by atoms with van der Waals surface area (Å²) in [4.78, 5) is 2.37. The quantitative estimate of drug-likeness (QED) is 0.789. The van der Waals surface area contributed by atoms with Gasteiger partial charge in [0, 0.05) is 12.1 Å². The molecule has 0 heterocycles. The van der Waals surface area contributed by atoms with E-state index >= 15 is 0 Å². The van der Waals surface area contributed by atoms with Crippen molar-refractivity contribution < 1.29 is 0 Å². The second-order valence-electron chi connectivity index (χ2n) is 6.33. The highest BCUT2D eigenvalue weighted by Crippen LogP contribution is 2.38. The molecule has 0 spiro atoms. The van der Waals surface area contributed by atoms with Crippen LogP contribution >= 0.6 is 0 Å². The number of hydrogen-bond acceptors (Lipinski definition) is 3. The molecule has 104 valence electrons. The minimum atomic E-state index is -0.272. The average molecular weight is 251 g/mol. The molecule has 1 aliphatic rings. The summed E-state index contributed by atoms with van der Waals surface area (Å²) in [5.41, 5.74) is -0.272. The molecular formula is C15H29N3. The van der Waals surface area contributed by atoms with Crippen molar-refractivity contribution in [3.05, 3.63) is 0 Å². The normalized spacial score (nSPS) is 28.3. The van der Waals surface area contributed by atoms with Crippen LogP contribution in [0, 0.1) is 17.2 Å². The fraction of sp³-hybridized carbons (Fsp3) is 0.933. The van der Waals surface area contributed by atoms with Crippen molar-refractivity contribution in [3.63, 3.8) is 0 Å². The Balaban J connectivity index is 2.60. The lowest BCUT2D eigenvalue weighted by molar-refractivity contribution is 0.216. The largest absolute Gasteiger partial charge is 0.304 e. The van der Waals surface area contributed by atoms with E-state index in [1.807, 2.05) is 0 Å². The molecule has 0 aromatic rings. The molecule has 1 rings (SSSR count). The van der Waals surface area contributed by atoms with E-state index in [2.05, 4.69) is 51.0 Å². The summed E-state index contributed by atoms with van der Waals surface area (Å²) in [6, 6.07) is 3.55. The minimum Gasteiger partial charge on any atom is -0.304 e. The van der Waals surface area contributed by atoms with E-state index in [9.17, 15) is 5.26 Å². The minimum absolute atomic E-state index is 0.272. The molecule has 0 radical (unpaired) electrons. The van der Waals surface area contributed by atoms with Crippen molar-refractivity contribution in [2.24, 2.45) is 5.92 Å². The lowest BCUT2D eigenvalue weighted by Gasteiger charge is -2.33. The molecule has 0 bridgehead atoms. The van der Waals surface area contributed by atoms with Crippen molar-refractivity contribution in [3.8, 4) is 6.07 Å². The maximum Gasteiger partial charge on any atom is 0.109 e. The standard InChI is InChI=1S/C15H29N3/c1-12(2)17-15(11-16)9-6-7-14(15)8-10-18(5)13(3)4/h12-14,17H,6-10H2,1-5H3. The van der Waals surface area contributed by atoms with Crippen LogP contribution in [0.3, 0.4) is 0 Å². The van der Waals surface area contributed by atoms with Crippen LogP contribution in [0.15, 0.2) is 0 Å². The van der Waals surface area contributed by atoms with Gasteiger partial charge in [-0.15, -0.1) is 0 Å². The first kappa shape index (κ1) is 15.5. The summed E-state index contributed by atoms with van der Waals surface area (Å²) < 4.78 is 0. The van der Waals surface area contributed by atoms with E-state index in [0.717, 1.165) is 19.4 Å². The van der Waals surface area contributed by atoms with Gasteiger partial charge in [-0.2, -0.15) is 5.26 Å².